The predicted molar refractivity (Wildman–Crippen MR) is 146 cm³/mol. The van der Waals surface area contributed by atoms with Crippen LogP contribution in [0.15, 0.2) is 72.8 Å². The van der Waals surface area contributed by atoms with Crippen LogP contribution in [0.2, 0.25) is 5.02 Å². The summed E-state index contributed by atoms with van der Waals surface area (Å²) in [4.78, 5) is 0. The molecule has 188 valence electrons. The number of unbranched alkanes of at least 4 members (excludes halogenated alkanes) is 3. The van der Waals surface area contributed by atoms with Crippen LogP contribution in [0.3, 0.4) is 0 Å². The summed E-state index contributed by atoms with van der Waals surface area (Å²) in [6, 6.07) is 22.5. The van der Waals surface area contributed by atoms with Gasteiger partial charge in [-0.15, -0.1) is 0 Å². The molecular formula is C32H33ClF2O. The maximum Gasteiger partial charge on any atom is 0.134 e. The normalized spacial score (nSPS) is 11.2. The van der Waals surface area contributed by atoms with E-state index in [1.54, 1.807) is 0 Å². The molecule has 0 bridgehead atoms. The molecule has 1 nitrogen and oxygen atoms in total. The molecule has 0 atom stereocenters. The molecule has 0 aliphatic carbocycles. The van der Waals surface area contributed by atoms with Crippen molar-refractivity contribution >= 4 is 22.4 Å². The first-order chi connectivity index (χ1) is 17.5. The van der Waals surface area contributed by atoms with Gasteiger partial charge in [0, 0.05) is 16.5 Å². The van der Waals surface area contributed by atoms with Crippen LogP contribution in [0.5, 0.6) is 5.75 Å². The van der Waals surface area contributed by atoms with Crippen molar-refractivity contribution in [1.82, 2.24) is 0 Å². The van der Waals surface area contributed by atoms with Gasteiger partial charge in [0.25, 0.3) is 0 Å². The Kier molecular flexibility index (Phi) is 9.35. The summed E-state index contributed by atoms with van der Waals surface area (Å²) in [5.74, 6) is 0.184. The lowest BCUT2D eigenvalue weighted by Gasteiger charge is -2.10. The summed E-state index contributed by atoms with van der Waals surface area (Å²) >= 11 is 5.95. The lowest BCUT2D eigenvalue weighted by molar-refractivity contribution is 0.303. The molecular weight excluding hydrogens is 474 g/mol. The Morgan fingerprint density at radius 2 is 1.42 bits per heavy atom. The average molecular weight is 507 g/mol. The van der Waals surface area contributed by atoms with Crippen molar-refractivity contribution in [3.8, 4) is 5.75 Å². The fourth-order valence-corrected chi connectivity index (χ4v) is 4.61. The van der Waals surface area contributed by atoms with E-state index in [4.69, 9.17) is 16.3 Å². The van der Waals surface area contributed by atoms with E-state index in [1.807, 2.05) is 66.7 Å². The number of aryl methyl sites for hydroxylation is 4. The van der Waals surface area contributed by atoms with Crippen molar-refractivity contribution in [3.05, 3.63) is 112 Å². The fraction of sp³-hybridized carbons (Fsp3) is 0.312. The van der Waals surface area contributed by atoms with Crippen LogP contribution in [0.1, 0.15) is 54.9 Å². The Morgan fingerprint density at radius 1 is 0.694 bits per heavy atom. The quantitative estimate of drug-likeness (QED) is 0.174. The summed E-state index contributed by atoms with van der Waals surface area (Å²) in [7, 11) is 0. The van der Waals surface area contributed by atoms with Gasteiger partial charge in [0.1, 0.15) is 17.4 Å². The number of benzene rings is 4. The third kappa shape index (κ3) is 7.07. The first kappa shape index (κ1) is 26.2. The van der Waals surface area contributed by atoms with Crippen LogP contribution < -0.4 is 4.74 Å². The van der Waals surface area contributed by atoms with E-state index in [1.165, 1.54) is 18.9 Å². The lowest BCUT2D eigenvalue weighted by atomic mass is 9.97. The molecule has 0 fully saturated rings. The molecule has 4 aromatic rings. The molecule has 0 saturated carbocycles. The van der Waals surface area contributed by atoms with Crippen molar-refractivity contribution in [2.24, 2.45) is 0 Å². The van der Waals surface area contributed by atoms with Gasteiger partial charge in [0.05, 0.1) is 6.61 Å². The summed E-state index contributed by atoms with van der Waals surface area (Å²) in [6.45, 7) is 2.79. The van der Waals surface area contributed by atoms with Crippen molar-refractivity contribution in [2.45, 2.75) is 58.3 Å². The van der Waals surface area contributed by atoms with Crippen molar-refractivity contribution in [1.29, 1.82) is 0 Å². The number of hydrogen-bond acceptors (Lipinski definition) is 1. The molecule has 4 rings (SSSR count). The van der Waals surface area contributed by atoms with E-state index in [2.05, 4.69) is 6.92 Å². The number of halogens is 3. The van der Waals surface area contributed by atoms with Crippen LogP contribution in [0.4, 0.5) is 8.78 Å². The molecule has 4 aromatic carbocycles. The van der Waals surface area contributed by atoms with Crippen LogP contribution in [-0.2, 0) is 25.7 Å². The van der Waals surface area contributed by atoms with Crippen LogP contribution in [0, 0.1) is 11.6 Å². The van der Waals surface area contributed by atoms with Gasteiger partial charge in [-0.25, -0.2) is 8.78 Å². The summed E-state index contributed by atoms with van der Waals surface area (Å²) < 4.78 is 35.5. The zero-order valence-electron chi connectivity index (χ0n) is 20.8. The Hall–Kier alpha value is -2.91. The highest BCUT2D eigenvalue weighted by atomic mass is 35.5. The molecule has 0 aliphatic heterocycles. The monoisotopic (exact) mass is 506 g/mol. The Balaban J connectivity index is 1.35. The minimum Gasteiger partial charge on any atom is -0.493 e. The van der Waals surface area contributed by atoms with Crippen LogP contribution >= 0.6 is 11.6 Å². The molecule has 4 heteroatoms. The van der Waals surface area contributed by atoms with E-state index in [-0.39, 0.29) is 11.6 Å². The maximum absolute atomic E-state index is 15.2. The number of hydrogen-bond donors (Lipinski definition) is 0. The molecule has 0 saturated heterocycles. The van der Waals surface area contributed by atoms with Gasteiger partial charge in [-0.1, -0.05) is 86.3 Å². The molecule has 36 heavy (non-hydrogen) atoms. The van der Waals surface area contributed by atoms with Gasteiger partial charge in [0.15, 0.2) is 0 Å². The largest absolute Gasteiger partial charge is 0.493 e. The third-order valence-corrected chi connectivity index (χ3v) is 6.92. The topological polar surface area (TPSA) is 9.23 Å². The number of rotatable bonds is 12. The molecule has 0 amide bonds. The highest BCUT2D eigenvalue weighted by Crippen LogP contribution is 2.25. The zero-order valence-corrected chi connectivity index (χ0v) is 21.6. The summed E-state index contributed by atoms with van der Waals surface area (Å²) in [5, 5.41) is 2.19. The fourth-order valence-electron chi connectivity index (χ4n) is 4.48. The number of ether oxygens (including phenoxy) is 1. The van der Waals surface area contributed by atoms with Gasteiger partial charge in [0.2, 0.25) is 0 Å². The van der Waals surface area contributed by atoms with Crippen LogP contribution in [-0.4, -0.2) is 6.61 Å². The van der Waals surface area contributed by atoms with Gasteiger partial charge >= 0.3 is 0 Å². The maximum atomic E-state index is 15.2. The Labute approximate surface area is 218 Å². The second kappa shape index (κ2) is 12.9. The predicted octanol–water partition coefficient (Wildman–Crippen LogP) is 9.30. The van der Waals surface area contributed by atoms with Gasteiger partial charge in [-0.05, 0) is 77.9 Å². The van der Waals surface area contributed by atoms with E-state index >= 15 is 4.39 Å². The van der Waals surface area contributed by atoms with Gasteiger partial charge in [-0.2, -0.15) is 0 Å². The first-order valence-corrected chi connectivity index (χ1v) is 13.3. The SMILES string of the molecule is CCCCCCOc1ccc(CCc2ccc3c(F)c(CCc4ccc(Cl)cc4)ccc3c2)c(F)c1. The molecule has 0 radical (unpaired) electrons. The van der Waals surface area contributed by atoms with Crippen molar-refractivity contribution in [3.63, 3.8) is 0 Å². The van der Waals surface area contributed by atoms with E-state index in [0.29, 0.717) is 53.2 Å². The molecule has 0 aliphatic rings. The van der Waals surface area contributed by atoms with Crippen LogP contribution in [0.25, 0.3) is 10.8 Å². The highest BCUT2D eigenvalue weighted by molar-refractivity contribution is 6.30. The molecule has 0 N–H and O–H groups in total. The summed E-state index contributed by atoms with van der Waals surface area (Å²) in [5.41, 5.74) is 3.57. The molecule has 0 unspecified atom stereocenters. The second-order valence-electron chi connectivity index (χ2n) is 9.38. The highest BCUT2D eigenvalue weighted by Gasteiger charge is 2.10. The third-order valence-electron chi connectivity index (χ3n) is 6.67. The first-order valence-electron chi connectivity index (χ1n) is 12.9. The smallest absolute Gasteiger partial charge is 0.134 e. The Morgan fingerprint density at radius 3 is 2.19 bits per heavy atom. The molecule has 0 aromatic heterocycles. The minimum absolute atomic E-state index is 0.163. The van der Waals surface area contributed by atoms with E-state index in [9.17, 15) is 4.39 Å². The van der Waals surface area contributed by atoms with E-state index in [0.717, 1.165) is 35.8 Å². The standard InChI is InChI=1S/C32H33ClF2O/c1-2-3-4-5-20-36-29-18-15-25(31(34)22-29)11-7-24-10-19-30-27(21-24)14-13-26(32(30)35)12-6-23-8-16-28(33)17-9-23/h8-10,13-19,21-22H,2-7,11-12,20H2,1H3. The second-order valence-corrected chi connectivity index (χ2v) is 9.82. The Bertz CT molecular complexity index is 1280. The van der Waals surface area contributed by atoms with Crippen molar-refractivity contribution < 1.29 is 13.5 Å². The minimum atomic E-state index is -0.238. The van der Waals surface area contributed by atoms with Gasteiger partial charge < -0.3 is 4.74 Å². The molecule has 0 heterocycles. The zero-order chi connectivity index (χ0) is 25.3. The average Bonchev–Trinajstić information content (AvgIpc) is 2.88. The van der Waals surface area contributed by atoms with Crippen molar-refractivity contribution in [2.75, 3.05) is 6.61 Å². The van der Waals surface area contributed by atoms with Gasteiger partial charge in [-0.3, -0.25) is 0 Å². The lowest BCUT2D eigenvalue weighted by Crippen LogP contribution is -2.00. The summed E-state index contributed by atoms with van der Waals surface area (Å²) in [6.07, 6.45) is 7.15. The molecule has 0 spiro atoms. The van der Waals surface area contributed by atoms with E-state index < -0.39 is 0 Å². The number of fused-ring (bicyclic) bond motifs is 1.